The number of carbonyl (C=O) groups excluding carboxylic acids is 2. The highest BCUT2D eigenvalue weighted by molar-refractivity contribution is 5.94. The normalized spacial score (nSPS) is 16.8. The molecule has 2 heterocycles. The minimum absolute atomic E-state index is 0.0572. The Hall–Kier alpha value is -2.86. The van der Waals surface area contributed by atoms with Crippen LogP contribution in [0.4, 0.5) is 5.69 Å². The summed E-state index contributed by atoms with van der Waals surface area (Å²) in [7, 11) is 0. The van der Waals surface area contributed by atoms with E-state index in [0.29, 0.717) is 18.7 Å². The van der Waals surface area contributed by atoms with Crippen molar-refractivity contribution >= 4 is 17.4 Å². The van der Waals surface area contributed by atoms with E-state index < -0.39 is 0 Å². The van der Waals surface area contributed by atoms with Gasteiger partial charge < -0.3 is 14.8 Å². The maximum Gasteiger partial charge on any atom is 0.224 e. The van der Waals surface area contributed by atoms with Crippen molar-refractivity contribution in [1.29, 1.82) is 0 Å². The Balaban J connectivity index is 1.20. The van der Waals surface area contributed by atoms with E-state index in [9.17, 15) is 9.59 Å². The van der Waals surface area contributed by atoms with Crippen molar-refractivity contribution in [3.8, 4) is 11.5 Å². The molecule has 2 aromatic rings. The van der Waals surface area contributed by atoms with E-state index in [1.807, 2.05) is 48.5 Å². The number of Topliss-reactive ketones (excluding diaryl/α,β-unsaturated/α-hetero) is 1. The summed E-state index contributed by atoms with van der Waals surface area (Å²) in [6.07, 6.45) is 1.34. The van der Waals surface area contributed by atoms with Crippen LogP contribution in [0.5, 0.6) is 11.5 Å². The lowest BCUT2D eigenvalue weighted by Gasteiger charge is -2.38. The first-order valence-electron chi connectivity index (χ1n) is 9.17. The van der Waals surface area contributed by atoms with E-state index in [1.54, 1.807) is 0 Å². The fourth-order valence-corrected chi connectivity index (χ4v) is 3.33. The Bertz CT molecular complexity index is 831. The molecule has 4 rings (SSSR count). The lowest BCUT2D eigenvalue weighted by Crippen LogP contribution is -2.55. The minimum Gasteiger partial charge on any atom is -0.488 e. The summed E-state index contributed by atoms with van der Waals surface area (Å²) >= 11 is 0. The van der Waals surface area contributed by atoms with E-state index >= 15 is 0 Å². The molecule has 140 valence electrons. The predicted molar refractivity (Wildman–Crippen MR) is 101 cm³/mol. The molecule has 1 N–H and O–H groups in total. The first-order valence-corrected chi connectivity index (χ1v) is 9.17. The average molecular weight is 366 g/mol. The Morgan fingerprint density at radius 1 is 1.07 bits per heavy atom. The molecule has 2 aliphatic rings. The Labute approximate surface area is 158 Å². The Kier molecular flexibility index (Phi) is 5.07. The van der Waals surface area contributed by atoms with Gasteiger partial charge in [-0.15, -0.1) is 0 Å². The Morgan fingerprint density at radius 3 is 2.70 bits per heavy atom. The van der Waals surface area contributed by atoms with Crippen LogP contribution >= 0.6 is 0 Å². The number of nitrogens with one attached hydrogen (secondary N) is 1. The molecule has 2 aliphatic heterocycles. The van der Waals surface area contributed by atoms with Crippen LogP contribution in [0.3, 0.4) is 0 Å². The number of benzene rings is 2. The maximum atomic E-state index is 12.0. The number of likely N-dealkylation sites (tertiary alicyclic amines) is 1. The number of carbonyl (C=O) groups is 2. The summed E-state index contributed by atoms with van der Waals surface area (Å²) < 4.78 is 11.5. The topological polar surface area (TPSA) is 67.9 Å². The third-order valence-corrected chi connectivity index (χ3v) is 4.74. The van der Waals surface area contributed by atoms with E-state index in [0.717, 1.165) is 36.5 Å². The number of aryl methyl sites for hydroxylation is 1. The minimum atomic E-state index is 0.0572. The van der Waals surface area contributed by atoms with Crippen molar-refractivity contribution in [2.24, 2.45) is 0 Å². The molecular formula is C21H22N2O4. The van der Waals surface area contributed by atoms with Gasteiger partial charge in [-0.2, -0.15) is 0 Å². The molecular weight excluding hydrogens is 344 g/mol. The smallest absolute Gasteiger partial charge is 0.224 e. The number of fused-ring (bicyclic) bond motifs is 1. The number of amides is 1. The standard InChI is InChI=1S/C21H22N2O4/c24-16(14-26-17-4-2-1-3-5-17)11-23-12-19(13-23)27-18-7-8-20-15(10-18)6-9-21(25)22-20/h1-5,7-8,10,19H,6,9,11-14H2,(H,22,25). The molecule has 0 aliphatic carbocycles. The zero-order valence-corrected chi connectivity index (χ0v) is 15.0. The highest BCUT2D eigenvalue weighted by Gasteiger charge is 2.30. The molecule has 0 aromatic heterocycles. The summed E-state index contributed by atoms with van der Waals surface area (Å²) in [6, 6.07) is 15.1. The van der Waals surface area contributed by atoms with Crippen molar-refractivity contribution in [2.45, 2.75) is 18.9 Å². The molecule has 1 fully saturated rings. The monoisotopic (exact) mass is 366 g/mol. The van der Waals surface area contributed by atoms with Crippen LogP contribution in [-0.2, 0) is 16.0 Å². The van der Waals surface area contributed by atoms with Gasteiger partial charge in [0.25, 0.3) is 0 Å². The second kappa shape index (κ2) is 7.80. The van der Waals surface area contributed by atoms with Crippen LogP contribution in [0.15, 0.2) is 48.5 Å². The molecule has 1 amide bonds. The number of hydrogen-bond acceptors (Lipinski definition) is 5. The van der Waals surface area contributed by atoms with Crippen LogP contribution in [0, 0.1) is 0 Å². The van der Waals surface area contributed by atoms with Gasteiger partial charge in [-0.05, 0) is 42.3 Å². The highest BCUT2D eigenvalue weighted by Crippen LogP contribution is 2.28. The lowest BCUT2D eigenvalue weighted by molar-refractivity contribution is -0.124. The Morgan fingerprint density at radius 2 is 1.89 bits per heavy atom. The molecule has 1 saturated heterocycles. The summed E-state index contributed by atoms with van der Waals surface area (Å²) in [5.74, 6) is 1.64. The van der Waals surface area contributed by atoms with Gasteiger partial charge in [-0.25, -0.2) is 0 Å². The molecule has 0 bridgehead atoms. The van der Waals surface area contributed by atoms with Crippen molar-refractivity contribution < 1.29 is 19.1 Å². The van der Waals surface area contributed by atoms with Gasteiger partial charge in [-0.1, -0.05) is 18.2 Å². The highest BCUT2D eigenvalue weighted by atomic mass is 16.5. The summed E-state index contributed by atoms with van der Waals surface area (Å²) in [5, 5.41) is 2.87. The molecule has 0 saturated carbocycles. The van der Waals surface area contributed by atoms with E-state index in [-0.39, 0.29) is 24.4 Å². The van der Waals surface area contributed by atoms with Crippen molar-refractivity contribution in [3.05, 3.63) is 54.1 Å². The second-order valence-corrected chi connectivity index (χ2v) is 6.94. The fraction of sp³-hybridized carbons (Fsp3) is 0.333. The molecule has 0 unspecified atom stereocenters. The maximum absolute atomic E-state index is 12.0. The van der Waals surface area contributed by atoms with E-state index in [1.165, 1.54) is 0 Å². The molecule has 27 heavy (non-hydrogen) atoms. The summed E-state index contributed by atoms with van der Waals surface area (Å²) in [4.78, 5) is 25.5. The van der Waals surface area contributed by atoms with Crippen molar-refractivity contribution in [3.63, 3.8) is 0 Å². The fourth-order valence-electron chi connectivity index (χ4n) is 3.33. The number of rotatable bonds is 7. The predicted octanol–water partition coefficient (Wildman–Crippen LogP) is 2.28. The number of hydrogen-bond donors (Lipinski definition) is 1. The van der Waals surface area contributed by atoms with Gasteiger partial charge in [-0.3, -0.25) is 14.5 Å². The van der Waals surface area contributed by atoms with Crippen LogP contribution in [-0.4, -0.2) is 48.9 Å². The largest absolute Gasteiger partial charge is 0.488 e. The van der Waals surface area contributed by atoms with Gasteiger partial charge in [0.2, 0.25) is 5.91 Å². The first kappa shape index (κ1) is 17.5. The van der Waals surface area contributed by atoms with Crippen LogP contribution in [0.25, 0.3) is 0 Å². The van der Waals surface area contributed by atoms with Gasteiger partial charge in [0.05, 0.1) is 6.54 Å². The van der Waals surface area contributed by atoms with Gasteiger partial charge >= 0.3 is 0 Å². The quantitative estimate of drug-likeness (QED) is 0.814. The van der Waals surface area contributed by atoms with Crippen molar-refractivity contribution in [2.75, 3.05) is 31.6 Å². The molecule has 0 radical (unpaired) electrons. The second-order valence-electron chi connectivity index (χ2n) is 6.94. The summed E-state index contributed by atoms with van der Waals surface area (Å²) in [6.45, 7) is 1.92. The zero-order chi connectivity index (χ0) is 18.6. The van der Waals surface area contributed by atoms with Gasteiger partial charge in [0, 0.05) is 25.2 Å². The molecule has 2 aromatic carbocycles. The van der Waals surface area contributed by atoms with Crippen LogP contribution in [0.1, 0.15) is 12.0 Å². The van der Waals surface area contributed by atoms with Crippen LogP contribution in [0.2, 0.25) is 0 Å². The zero-order valence-electron chi connectivity index (χ0n) is 15.0. The van der Waals surface area contributed by atoms with Crippen LogP contribution < -0.4 is 14.8 Å². The number of ketones is 1. The lowest BCUT2D eigenvalue weighted by atomic mass is 10.0. The van der Waals surface area contributed by atoms with E-state index in [4.69, 9.17) is 9.47 Å². The SMILES string of the molecule is O=C(COc1ccccc1)CN1CC(Oc2ccc3c(c2)CCC(=O)N3)C1. The molecule has 0 spiro atoms. The van der Waals surface area contributed by atoms with Crippen molar-refractivity contribution in [1.82, 2.24) is 4.90 Å². The van der Waals surface area contributed by atoms with E-state index in [2.05, 4.69) is 10.2 Å². The third kappa shape index (κ3) is 4.46. The summed E-state index contributed by atoms with van der Waals surface area (Å²) in [5.41, 5.74) is 1.98. The van der Waals surface area contributed by atoms with Gasteiger partial charge in [0.1, 0.15) is 24.2 Å². The molecule has 0 atom stereocenters. The average Bonchev–Trinajstić information content (AvgIpc) is 2.65. The first-order chi connectivity index (χ1) is 13.2. The number of anilines is 1. The molecule has 6 nitrogen and oxygen atoms in total. The number of nitrogens with zero attached hydrogens (tertiary/aromatic N) is 1. The third-order valence-electron chi connectivity index (χ3n) is 4.74. The number of para-hydroxylation sites is 1. The van der Waals surface area contributed by atoms with Gasteiger partial charge in [0.15, 0.2) is 5.78 Å². The number of ether oxygens (including phenoxy) is 2. The molecule has 6 heteroatoms.